The molecule has 0 aliphatic carbocycles. The van der Waals surface area contributed by atoms with Crippen LogP contribution in [0.2, 0.25) is 5.02 Å². The highest BCUT2D eigenvalue weighted by Crippen LogP contribution is 2.25. The van der Waals surface area contributed by atoms with Gasteiger partial charge in [0.05, 0.1) is 12.7 Å². The lowest BCUT2D eigenvalue weighted by Gasteiger charge is -2.36. The summed E-state index contributed by atoms with van der Waals surface area (Å²) in [4.78, 5) is 28.9. The number of anilines is 2. The van der Waals surface area contributed by atoms with Crippen LogP contribution in [0.1, 0.15) is 30.6 Å². The summed E-state index contributed by atoms with van der Waals surface area (Å²) in [6, 6.07) is 12.9. The predicted molar refractivity (Wildman–Crippen MR) is 136 cm³/mol. The number of rotatable bonds is 6. The summed E-state index contributed by atoms with van der Waals surface area (Å²) in [6.07, 6.45) is 0.430. The van der Waals surface area contributed by atoms with Crippen LogP contribution in [-0.2, 0) is 4.79 Å². The molecule has 176 valence electrons. The number of benzene rings is 2. The molecule has 0 aromatic heterocycles. The van der Waals surface area contributed by atoms with Crippen molar-refractivity contribution in [2.75, 3.05) is 43.5 Å². The van der Waals surface area contributed by atoms with Crippen LogP contribution in [-0.4, -0.2) is 55.1 Å². The first-order valence-corrected chi connectivity index (χ1v) is 11.6. The minimum atomic E-state index is -0.0954. The summed E-state index contributed by atoms with van der Waals surface area (Å²) < 4.78 is 5.32. The van der Waals surface area contributed by atoms with Gasteiger partial charge in [0.1, 0.15) is 5.75 Å². The highest BCUT2D eigenvalue weighted by Gasteiger charge is 2.24. The molecule has 9 heteroatoms. The maximum atomic E-state index is 13.0. The Balaban J connectivity index is 1.54. The Bertz CT molecular complexity index is 1010. The minimum absolute atomic E-state index is 0.0819. The van der Waals surface area contributed by atoms with Crippen LogP contribution < -0.4 is 20.3 Å². The molecular weight excluding hydrogens is 460 g/mol. The number of halogens is 1. The fourth-order valence-corrected chi connectivity index (χ4v) is 4.06. The first-order chi connectivity index (χ1) is 15.8. The van der Waals surface area contributed by atoms with Crippen molar-refractivity contribution in [3.63, 3.8) is 0 Å². The molecule has 1 heterocycles. The molecule has 33 heavy (non-hydrogen) atoms. The predicted octanol–water partition coefficient (Wildman–Crippen LogP) is 4.17. The van der Waals surface area contributed by atoms with Crippen molar-refractivity contribution in [3.05, 3.63) is 53.1 Å². The zero-order valence-electron chi connectivity index (χ0n) is 19.1. The SMILES string of the molecule is COc1ccc(Cl)cc1C(=O)N1CCN(c2ccc(NC(=S)NC(=O)CC(C)C)cc2)CC1. The number of thiocarbonyl (C=S) groups is 1. The lowest BCUT2D eigenvalue weighted by atomic mass is 10.1. The quantitative estimate of drug-likeness (QED) is 0.594. The number of ether oxygens (including phenoxy) is 1. The summed E-state index contributed by atoms with van der Waals surface area (Å²) in [7, 11) is 1.54. The number of amides is 2. The molecule has 0 spiro atoms. The van der Waals surface area contributed by atoms with Gasteiger partial charge in [-0.25, -0.2) is 0 Å². The zero-order valence-corrected chi connectivity index (χ0v) is 20.6. The first kappa shape index (κ1) is 24.8. The van der Waals surface area contributed by atoms with E-state index in [-0.39, 0.29) is 22.8 Å². The van der Waals surface area contributed by atoms with Crippen LogP contribution in [0.5, 0.6) is 5.75 Å². The van der Waals surface area contributed by atoms with E-state index in [9.17, 15) is 9.59 Å². The summed E-state index contributed by atoms with van der Waals surface area (Å²) in [6.45, 7) is 6.59. The summed E-state index contributed by atoms with van der Waals surface area (Å²) in [5, 5.41) is 6.53. The normalized spacial score (nSPS) is 13.6. The largest absolute Gasteiger partial charge is 0.496 e. The second kappa shape index (κ2) is 11.3. The van der Waals surface area contributed by atoms with E-state index in [0.717, 1.165) is 11.4 Å². The molecule has 1 aliphatic heterocycles. The van der Waals surface area contributed by atoms with Crippen molar-refractivity contribution in [2.45, 2.75) is 20.3 Å². The third-order valence-corrected chi connectivity index (χ3v) is 5.73. The molecule has 0 saturated carbocycles. The summed E-state index contributed by atoms with van der Waals surface area (Å²) >= 11 is 11.3. The molecule has 2 aromatic carbocycles. The standard InChI is InChI=1S/C24H29ClN4O3S/c1-16(2)14-22(30)27-24(33)26-18-5-7-19(8-6-18)28-10-12-29(13-11-28)23(31)20-15-17(25)4-9-21(20)32-3/h4-9,15-16H,10-14H2,1-3H3,(H2,26,27,30,33). The Morgan fingerprint density at radius 2 is 1.76 bits per heavy atom. The molecule has 2 amide bonds. The van der Waals surface area contributed by atoms with Gasteiger partial charge in [-0.05, 0) is 60.6 Å². The van der Waals surface area contributed by atoms with Crippen molar-refractivity contribution >= 4 is 52.1 Å². The summed E-state index contributed by atoms with van der Waals surface area (Å²) in [5.41, 5.74) is 2.34. The Morgan fingerprint density at radius 1 is 1.09 bits per heavy atom. The van der Waals surface area contributed by atoms with Gasteiger partial charge in [-0.2, -0.15) is 0 Å². The number of piperazine rings is 1. The van der Waals surface area contributed by atoms with E-state index in [4.69, 9.17) is 28.6 Å². The van der Waals surface area contributed by atoms with Crippen LogP contribution in [0.25, 0.3) is 0 Å². The maximum Gasteiger partial charge on any atom is 0.257 e. The van der Waals surface area contributed by atoms with Gasteiger partial charge in [0.15, 0.2) is 5.11 Å². The minimum Gasteiger partial charge on any atom is -0.496 e. The number of nitrogens with one attached hydrogen (secondary N) is 2. The van der Waals surface area contributed by atoms with Crippen molar-refractivity contribution < 1.29 is 14.3 Å². The average Bonchev–Trinajstić information content (AvgIpc) is 2.78. The topological polar surface area (TPSA) is 73.9 Å². The number of carbonyl (C=O) groups excluding carboxylic acids is 2. The smallest absolute Gasteiger partial charge is 0.257 e. The number of hydrogen-bond acceptors (Lipinski definition) is 5. The lowest BCUT2D eigenvalue weighted by Crippen LogP contribution is -2.48. The Labute approximate surface area is 205 Å². The van der Waals surface area contributed by atoms with Crippen molar-refractivity contribution in [1.82, 2.24) is 10.2 Å². The molecule has 7 nitrogen and oxygen atoms in total. The van der Waals surface area contributed by atoms with Crippen LogP contribution in [0, 0.1) is 5.92 Å². The van der Waals surface area contributed by atoms with Gasteiger partial charge in [-0.3, -0.25) is 9.59 Å². The third-order valence-electron chi connectivity index (χ3n) is 5.30. The van der Waals surface area contributed by atoms with E-state index in [1.165, 1.54) is 0 Å². The number of methoxy groups -OCH3 is 1. The van der Waals surface area contributed by atoms with Gasteiger partial charge in [0.25, 0.3) is 5.91 Å². The van der Waals surface area contributed by atoms with Gasteiger partial charge in [-0.1, -0.05) is 25.4 Å². The fourth-order valence-electron chi connectivity index (χ4n) is 3.65. The van der Waals surface area contributed by atoms with E-state index in [1.807, 2.05) is 43.0 Å². The lowest BCUT2D eigenvalue weighted by molar-refractivity contribution is -0.120. The summed E-state index contributed by atoms with van der Waals surface area (Å²) in [5.74, 6) is 0.618. The van der Waals surface area contributed by atoms with Gasteiger partial charge in [0.2, 0.25) is 5.91 Å². The van der Waals surface area contributed by atoms with Crippen LogP contribution in [0.4, 0.5) is 11.4 Å². The molecule has 0 radical (unpaired) electrons. The zero-order chi connectivity index (χ0) is 24.0. The highest BCUT2D eigenvalue weighted by atomic mass is 35.5. The Morgan fingerprint density at radius 3 is 2.36 bits per heavy atom. The number of nitrogens with zero attached hydrogens (tertiary/aromatic N) is 2. The highest BCUT2D eigenvalue weighted by molar-refractivity contribution is 7.80. The second-order valence-electron chi connectivity index (χ2n) is 8.27. The molecule has 3 rings (SSSR count). The first-order valence-electron chi connectivity index (χ1n) is 10.9. The van der Waals surface area contributed by atoms with E-state index in [0.29, 0.717) is 48.9 Å². The monoisotopic (exact) mass is 488 g/mol. The van der Waals surface area contributed by atoms with E-state index in [2.05, 4.69) is 15.5 Å². The molecule has 0 atom stereocenters. The molecule has 0 unspecified atom stereocenters. The van der Waals surface area contributed by atoms with Crippen LogP contribution in [0.3, 0.4) is 0 Å². The van der Waals surface area contributed by atoms with Crippen molar-refractivity contribution in [3.8, 4) is 5.75 Å². The molecule has 1 saturated heterocycles. The van der Waals surface area contributed by atoms with Crippen molar-refractivity contribution in [2.24, 2.45) is 5.92 Å². The van der Waals surface area contributed by atoms with Crippen LogP contribution >= 0.6 is 23.8 Å². The molecular formula is C24H29ClN4O3S. The van der Waals surface area contributed by atoms with E-state index >= 15 is 0 Å². The van der Waals surface area contributed by atoms with E-state index < -0.39 is 0 Å². The van der Waals surface area contributed by atoms with E-state index in [1.54, 1.807) is 25.3 Å². The number of carbonyl (C=O) groups is 2. The molecule has 0 bridgehead atoms. The molecule has 1 aliphatic rings. The maximum absolute atomic E-state index is 13.0. The molecule has 1 fully saturated rings. The Hall–Kier alpha value is -2.84. The third kappa shape index (κ3) is 6.82. The second-order valence-corrected chi connectivity index (χ2v) is 9.12. The molecule has 2 N–H and O–H groups in total. The Kier molecular flexibility index (Phi) is 8.52. The van der Waals surface area contributed by atoms with Gasteiger partial charge < -0.3 is 25.2 Å². The fraction of sp³-hybridized carbons (Fsp3) is 0.375. The number of hydrogen-bond donors (Lipinski definition) is 2. The molecule has 2 aromatic rings. The van der Waals surface area contributed by atoms with Crippen molar-refractivity contribution in [1.29, 1.82) is 0 Å². The van der Waals surface area contributed by atoms with Gasteiger partial charge in [-0.15, -0.1) is 0 Å². The van der Waals surface area contributed by atoms with Gasteiger partial charge in [0, 0.05) is 49.0 Å². The van der Waals surface area contributed by atoms with Crippen LogP contribution in [0.15, 0.2) is 42.5 Å². The average molecular weight is 489 g/mol. The van der Waals surface area contributed by atoms with Gasteiger partial charge >= 0.3 is 0 Å².